The molecule has 1 aromatic heterocycles. The number of rotatable bonds is 4. The van der Waals surface area contributed by atoms with Gasteiger partial charge in [0.25, 0.3) is 0 Å². The van der Waals surface area contributed by atoms with E-state index in [1.54, 1.807) is 0 Å². The van der Waals surface area contributed by atoms with Crippen LogP contribution in [0.3, 0.4) is 0 Å². The van der Waals surface area contributed by atoms with E-state index in [2.05, 4.69) is 24.0 Å². The molecule has 2 aromatic carbocycles. The van der Waals surface area contributed by atoms with Gasteiger partial charge in [-0.25, -0.2) is 4.98 Å². The van der Waals surface area contributed by atoms with Gasteiger partial charge in [0, 0.05) is 25.4 Å². The summed E-state index contributed by atoms with van der Waals surface area (Å²) in [7, 11) is 0. The predicted molar refractivity (Wildman–Crippen MR) is 102 cm³/mol. The highest BCUT2D eigenvalue weighted by Gasteiger charge is 2.27. The lowest BCUT2D eigenvalue weighted by molar-refractivity contribution is -0.132. The second-order valence-electron chi connectivity index (χ2n) is 7.19. The second kappa shape index (κ2) is 7.32. The van der Waals surface area contributed by atoms with Gasteiger partial charge in [0.15, 0.2) is 11.5 Å². The van der Waals surface area contributed by atoms with Crippen molar-refractivity contribution in [1.82, 2.24) is 9.88 Å². The third-order valence-corrected chi connectivity index (χ3v) is 5.36. The summed E-state index contributed by atoms with van der Waals surface area (Å²) in [5.74, 6) is 1.62. The Hall–Kier alpha value is -2.62. The van der Waals surface area contributed by atoms with E-state index in [1.165, 1.54) is 5.56 Å². The molecule has 1 unspecified atom stereocenters. The van der Waals surface area contributed by atoms with Crippen LogP contribution in [0.4, 0.5) is 0 Å². The number of carbonyl (C=O) groups excluding carboxylic acids is 1. The zero-order valence-corrected chi connectivity index (χ0v) is 15.1. The molecule has 1 amide bonds. The van der Waals surface area contributed by atoms with Gasteiger partial charge in [-0.05, 0) is 36.5 Å². The maximum atomic E-state index is 12.7. The van der Waals surface area contributed by atoms with Crippen molar-refractivity contribution < 1.29 is 9.21 Å². The van der Waals surface area contributed by atoms with E-state index in [1.807, 2.05) is 47.4 Å². The summed E-state index contributed by atoms with van der Waals surface area (Å²) in [4.78, 5) is 19.3. The zero-order valence-electron chi connectivity index (χ0n) is 15.1. The highest BCUT2D eigenvalue weighted by atomic mass is 16.3. The van der Waals surface area contributed by atoms with Crippen LogP contribution in [0.2, 0.25) is 0 Å². The number of hydrogen-bond donors (Lipinski definition) is 0. The summed E-state index contributed by atoms with van der Waals surface area (Å²) in [6.07, 6.45) is 2.40. The highest BCUT2D eigenvalue weighted by molar-refractivity contribution is 5.77. The van der Waals surface area contributed by atoms with Crippen molar-refractivity contribution in [1.29, 1.82) is 0 Å². The molecule has 0 bridgehead atoms. The molecule has 0 aliphatic carbocycles. The molecule has 0 radical (unpaired) electrons. The Morgan fingerprint density at radius 1 is 1.12 bits per heavy atom. The van der Waals surface area contributed by atoms with Gasteiger partial charge in [-0.3, -0.25) is 4.79 Å². The van der Waals surface area contributed by atoms with Gasteiger partial charge < -0.3 is 9.32 Å². The fraction of sp³-hybridized carbons (Fsp3) is 0.364. The Bertz CT molecular complexity index is 846. The molecule has 1 saturated heterocycles. The second-order valence-corrected chi connectivity index (χ2v) is 7.19. The van der Waals surface area contributed by atoms with Gasteiger partial charge in [-0.1, -0.05) is 49.4 Å². The van der Waals surface area contributed by atoms with E-state index in [4.69, 9.17) is 4.42 Å². The van der Waals surface area contributed by atoms with Gasteiger partial charge in [0.2, 0.25) is 5.91 Å². The van der Waals surface area contributed by atoms with E-state index in [9.17, 15) is 4.79 Å². The lowest BCUT2D eigenvalue weighted by Crippen LogP contribution is -2.38. The first-order valence-corrected chi connectivity index (χ1v) is 9.39. The molecular weight excluding hydrogens is 324 g/mol. The molecule has 26 heavy (non-hydrogen) atoms. The molecule has 134 valence electrons. The highest BCUT2D eigenvalue weighted by Crippen LogP contribution is 2.30. The quantitative estimate of drug-likeness (QED) is 0.685. The summed E-state index contributed by atoms with van der Waals surface area (Å²) in [6.45, 7) is 3.69. The number of nitrogens with zero attached hydrogens (tertiary/aromatic N) is 2. The molecule has 4 rings (SSSR count). The maximum absolute atomic E-state index is 12.7. The average molecular weight is 348 g/mol. The van der Waals surface area contributed by atoms with Gasteiger partial charge in [-0.2, -0.15) is 0 Å². The molecule has 1 atom stereocenters. The minimum atomic E-state index is 0.248. The minimum absolute atomic E-state index is 0.248. The van der Waals surface area contributed by atoms with Crippen LogP contribution >= 0.6 is 0 Å². The van der Waals surface area contributed by atoms with Crippen LogP contribution in [0.5, 0.6) is 0 Å². The van der Waals surface area contributed by atoms with Crippen LogP contribution < -0.4 is 0 Å². The number of likely N-dealkylation sites (tertiary alicyclic amines) is 1. The number of amides is 1. The summed E-state index contributed by atoms with van der Waals surface area (Å²) >= 11 is 0. The number of piperidine rings is 1. The molecule has 1 fully saturated rings. The number of hydrogen-bond acceptors (Lipinski definition) is 3. The standard InChI is InChI=1S/C22H24N2O2/c1-16(17-7-3-2-4-8-17)15-21(25)24-13-11-18(12-14-24)22-23-19-9-5-6-10-20(19)26-22/h2-10,16,18H,11-15H2,1H3. The molecule has 0 N–H and O–H groups in total. The van der Waals surface area contributed by atoms with Crippen molar-refractivity contribution in [3.8, 4) is 0 Å². The molecule has 0 saturated carbocycles. The van der Waals surface area contributed by atoms with E-state index >= 15 is 0 Å². The van der Waals surface area contributed by atoms with Crippen molar-refractivity contribution in [2.45, 2.75) is 38.0 Å². The number of benzene rings is 2. The molecule has 4 heteroatoms. The Morgan fingerprint density at radius 2 is 1.81 bits per heavy atom. The smallest absolute Gasteiger partial charge is 0.223 e. The molecule has 2 heterocycles. The zero-order chi connectivity index (χ0) is 17.9. The normalized spacial score (nSPS) is 16.7. The molecule has 1 aliphatic heterocycles. The lowest BCUT2D eigenvalue weighted by atomic mass is 9.94. The monoisotopic (exact) mass is 348 g/mol. The van der Waals surface area contributed by atoms with E-state index in [0.29, 0.717) is 12.3 Å². The molecular formula is C22H24N2O2. The van der Waals surface area contributed by atoms with Crippen LogP contribution in [0.15, 0.2) is 59.0 Å². The summed E-state index contributed by atoms with van der Waals surface area (Å²) < 4.78 is 5.91. The summed E-state index contributed by atoms with van der Waals surface area (Å²) in [5, 5.41) is 0. The van der Waals surface area contributed by atoms with Gasteiger partial charge in [-0.15, -0.1) is 0 Å². The van der Waals surface area contributed by atoms with Gasteiger partial charge in [0.05, 0.1) is 0 Å². The van der Waals surface area contributed by atoms with Gasteiger partial charge >= 0.3 is 0 Å². The maximum Gasteiger partial charge on any atom is 0.223 e. The van der Waals surface area contributed by atoms with Gasteiger partial charge in [0.1, 0.15) is 5.52 Å². The predicted octanol–water partition coefficient (Wildman–Crippen LogP) is 4.73. The van der Waals surface area contributed by atoms with Crippen molar-refractivity contribution >= 4 is 17.0 Å². The number of aromatic nitrogens is 1. The van der Waals surface area contributed by atoms with E-state index in [0.717, 1.165) is 42.9 Å². The molecule has 0 spiro atoms. The summed E-state index contributed by atoms with van der Waals surface area (Å²) in [6, 6.07) is 18.1. The topological polar surface area (TPSA) is 46.3 Å². The van der Waals surface area contributed by atoms with Crippen LogP contribution in [0.25, 0.3) is 11.1 Å². The summed E-state index contributed by atoms with van der Waals surface area (Å²) in [5.41, 5.74) is 2.98. The fourth-order valence-corrected chi connectivity index (χ4v) is 3.73. The average Bonchev–Trinajstić information content (AvgIpc) is 3.13. The van der Waals surface area contributed by atoms with E-state index in [-0.39, 0.29) is 11.8 Å². The molecule has 1 aliphatic rings. The Labute approximate surface area is 153 Å². The Kier molecular flexibility index (Phi) is 4.74. The molecule has 4 nitrogen and oxygen atoms in total. The van der Waals surface area contributed by atoms with Crippen LogP contribution in [-0.4, -0.2) is 28.9 Å². The number of fused-ring (bicyclic) bond motifs is 1. The SMILES string of the molecule is CC(CC(=O)N1CCC(c2nc3ccccc3o2)CC1)c1ccccc1. The first-order valence-electron chi connectivity index (χ1n) is 9.39. The van der Waals surface area contributed by atoms with Crippen molar-refractivity contribution in [2.75, 3.05) is 13.1 Å². The van der Waals surface area contributed by atoms with Crippen molar-refractivity contribution in [3.63, 3.8) is 0 Å². The third-order valence-electron chi connectivity index (χ3n) is 5.36. The first-order chi connectivity index (χ1) is 12.7. The number of oxazole rings is 1. The Balaban J connectivity index is 1.35. The van der Waals surface area contributed by atoms with Crippen molar-refractivity contribution in [3.05, 3.63) is 66.1 Å². The minimum Gasteiger partial charge on any atom is -0.440 e. The molecule has 3 aromatic rings. The fourth-order valence-electron chi connectivity index (χ4n) is 3.73. The Morgan fingerprint density at radius 3 is 2.54 bits per heavy atom. The van der Waals surface area contributed by atoms with Crippen LogP contribution in [0.1, 0.15) is 49.5 Å². The van der Waals surface area contributed by atoms with Crippen molar-refractivity contribution in [2.24, 2.45) is 0 Å². The number of carbonyl (C=O) groups is 1. The number of para-hydroxylation sites is 2. The van der Waals surface area contributed by atoms with Crippen LogP contribution in [0, 0.1) is 0 Å². The third kappa shape index (κ3) is 3.50. The largest absolute Gasteiger partial charge is 0.440 e. The van der Waals surface area contributed by atoms with Crippen LogP contribution in [-0.2, 0) is 4.79 Å². The lowest BCUT2D eigenvalue weighted by Gasteiger charge is -2.31. The van der Waals surface area contributed by atoms with E-state index < -0.39 is 0 Å². The first kappa shape index (κ1) is 16.8.